The monoisotopic (exact) mass is 352 g/mol. The molecule has 0 aliphatic heterocycles. The van der Waals surface area contributed by atoms with Crippen molar-refractivity contribution in [3.8, 4) is 0 Å². The van der Waals surface area contributed by atoms with Crippen LogP contribution >= 0.6 is 0 Å². The molecule has 0 saturated heterocycles. The molecule has 20 heavy (non-hydrogen) atoms. The molecule has 1 aliphatic carbocycles. The first-order valence-corrected chi connectivity index (χ1v) is 6.58. The minimum atomic E-state index is 0. The van der Waals surface area contributed by atoms with Crippen molar-refractivity contribution in [1.29, 1.82) is 0 Å². The Kier molecular flexibility index (Phi) is 50.9. The fraction of sp³-hybridized carbons (Fsp3) is 0.471. The van der Waals surface area contributed by atoms with E-state index in [0.717, 1.165) is 32.4 Å². The van der Waals surface area contributed by atoms with Crippen molar-refractivity contribution >= 4 is 0 Å². The quantitative estimate of drug-likeness (QED) is 0.353. The molecule has 0 fully saturated rings. The molecular formula is C17H30N2Zr. The van der Waals surface area contributed by atoms with Gasteiger partial charge in [-0.3, -0.25) is 6.08 Å². The van der Waals surface area contributed by atoms with Gasteiger partial charge in [-0.15, -0.1) is 32.7 Å². The number of rotatable bonds is 6. The van der Waals surface area contributed by atoms with E-state index in [0.29, 0.717) is 0 Å². The van der Waals surface area contributed by atoms with Gasteiger partial charge >= 0.3 is 26.2 Å². The number of allylic oxidation sites excluding steroid dienone is 4. The van der Waals surface area contributed by atoms with Crippen LogP contribution < -0.4 is 0 Å². The first-order valence-electron chi connectivity index (χ1n) is 6.58. The molecule has 0 spiro atoms. The Morgan fingerprint density at radius 1 is 1.10 bits per heavy atom. The van der Waals surface area contributed by atoms with Crippen LogP contribution in [0.4, 0.5) is 0 Å². The Morgan fingerprint density at radius 2 is 1.55 bits per heavy atom. The van der Waals surface area contributed by atoms with E-state index in [4.69, 9.17) is 0 Å². The van der Waals surface area contributed by atoms with E-state index >= 15 is 0 Å². The molecule has 1 aliphatic rings. The molecule has 0 radical (unpaired) electrons. The smallest absolute Gasteiger partial charge is 0.665 e. The van der Waals surface area contributed by atoms with Gasteiger partial charge in [0, 0.05) is 0 Å². The van der Waals surface area contributed by atoms with Gasteiger partial charge in [0.15, 0.2) is 0 Å². The molecule has 112 valence electrons. The zero-order chi connectivity index (χ0) is 15.2. The van der Waals surface area contributed by atoms with Gasteiger partial charge in [0.25, 0.3) is 0 Å². The second-order valence-electron chi connectivity index (χ2n) is 3.24. The van der Waals surface area contributed by atoms with Gasteiger partial charge in [-0.2, -0.15) is 27.1 Å². The molecule has 0 bridgehead atoms. The number of hydrogen-bond acceptors (Lipinski definition) is 0. The fourth-order valence-corrected chi connectivity index (χ4v) is 0.781. The van der Waals surface area contributed by atoms with Crippen LogP contribution in [-0.4, -0.2) is 27.2 Å². The van der Waals surface area contributed by atoms with Gasteiger partial charge in [-0.1, -0.05) is 25.0 Å². The third kappa shape index (κ3) is 43.1. The van der Waals surface area contributed by atoms with E-state index in [-0.39, 0.29) is 26.2 Å². The number of hydrogen-bond donors (Lipinski definition) is 0. The molecule has 2 nitrogen and oxygen atoms in total. The first-order chi connectivity index (χ1) is 9.33. The fourth-order valence-electron chi connectivity index (χ4n) is 0.781. The van der Waals surface area contributed by atoms with Crippen LogP contribution in [0.3, 0.4) is 0 Å². The molecule has 0 heterocycles. The van der Waals surface area contributed by atoms with Gasteiger partial charge in [-0.25, -0.2) is 12.2 Å². The van der Waals surface area contributed by atoms with Crippen LogP contribution in [-0.2, 0) is 26.2 Å². The van der Waals surface area contributed by atoms with Crippen LogP contribution in [0.2, 0.25) is 0 Å². The van der Waals surface area contributed by atoms with Crippen molar-refractivity contribution in [2.24, 2.45) is 0 Å². The number of nitrogens with zero attached hydrogens (tertiary/aromatic N) is 2. The summed E-state index contributed by atoms with van der Waals surface area (Å²) in [7, 11) is 3.62. The normalized spacial score (nSPS) is 9.60. The molecule has 0 aromatic carbocycles. The zero-order valence-electron chi connectivity index (χ0n) is 13.4. The summed E-state index contributed by atoms with van der Waals surface area (Å²) in [4.78, 5) is 0. The summed E-state index contributed by atoms with van der Waals surface area (Å²) in [6.07, 6.45) is 15.8. The van der Waals surface area contributed by atoms with Crippen LogP contribution in [0.5, 0.6) is 0 Å². The SMILES string of the molecule is C=CCC[N-]C.C=CCC[N-]C.[C-]1=CC=CC1.[CH2-]C.[Zr+4]. The molecule has 0 aromatic rings. The summed E-state index contributed by atoms with van der Waals surface area (Å²) < 4.78 is 0. The summed E-state index contributed by atoms with van der Waals surface area (Å²) in [5, 5.41) is 7.71. The summed E-state index contributed by atoms with van der Waals surface area (Å²) in [6.45, 7) is 13.9. The third-order valence-electron chi connectivity index (χ3n) is 1.70. The van der Waals surface area contributed by atoms with Gasteiger partial charge in [0.05, 0.1) is 0 Å². The van der Waals surface area contributed by atoms with Gasteiger partial charge in [0.1, 0.15) is 0 Å². The maximum absolute atomic E-state index is 3.85. The van der Waals surface area contributed by atoms with Crippen molar-refractivity contribution < 1.29 is 26.2 Å². The van der Waals surface area contributed by atoms with E-state index in [1.54, 1.807) is 6.92 Å². The van der Waals surface area contributed by atoms with Crippen LogP contribution in [0.15, 0.2) is 43.5 Å². The van der Waals surface area contributed by atoms with Crippen LogP contribution in [0, 0.1) is 13.0 Å². The van der Waals surface area contributed by atoms with E-state index in [1.165, 1.54) is 0 Å². The van der Waals surface area contributed by atoms with Crippen LogP contribution in [0.25, 0.3) is 10.6 Å². The van der Waals surface area contributed by atoms with E-state index in [9.17, 15) is 0 Å². The predicted octanol–water partition coefficient (Wildman–Crippen LogP) is 5.28. The summed E-state index contributed by atoms with van der Waals surface area (Å²) in [5.41, 5.74) is 0. The van der Waals surface area contributed by atoms with Crippen LogP contribution in [0.1, 0.15) is 26.2 Å². The van der Waals surface area contributed by atoms with Crippen molar-refractivity contribution in [3.63, 3.8) is 0 Å². The van der Waals surface area contributed by atoms with Gasteiger partial charge in [-0.05, 0) is 0 Å². The predicted molar refractivity (Wildman–Crippen MR) is 90.5 cm³/mol. The Balaban J connectivity index is -0.0000000883. The molecule has 0 atom stereocenters. The van der Waals surface area contributed by atoms with E-state index < -0.39 is 0 Å². The maximum atomic E-state index is 3.85. The molecule has 0 unspecified atom stereocenters. The maximum Gasteiger partial charge on any atom is 4.00 e. The second kappa shape index (κ2) is 36.3. The Hall–Kier alpha value is -0.237. The average Bonchev–Trinajstić information content (AvgIpc) is 3.05. The van der Waals surface area contributed by atoms with Gasteiger partial charge in [0.2, 0.25) is 0 Å². The third-order valence-corrected chi connectivity index (χ3v) is 1.70. The zero-order valence-corrected chi connectivity index (χ0v) is 15.9. The van der Waals surface area contributed by atoms with Crippen molar-refractivity contribution in [2.45, 2.75) is 26.2 Å². The molecule has 3 heteroatoms. The second-order valence-corrected chi connectivity index (χ2v) is 3.24. The molecule has 0 amide bonds. The average molecular weight is 354 g/mol. The summed E-state index contributed by atoms with van der Waals surface area (Å²) in [6, 6.07) is 0. The van der Waals surface area contributed by atoms with Crippen molar-refractivity contribution in [2.75, 3.05) is 27.2 Å². The molecule has 1 rings (SSSR count). The molecular weight excluding hydrogens is 323 g/mol. The van der Waals surface area contributed by atoms with Gasteiger partial charge < -0.3 is 17.6 Å². The first kappa shape index (κ1) is 28.0. The minimum absolute atomic E-state index is 0. The summed E-state index contributed by atoms with van der Waals surface area (Å²) >= 11 is 0. The Morgan fingerprint density at radius 3 is 1.65 bits per heavy atom. The van der Waals surface area contributed by atoms with E-state index in [1.807, 2.05) is 38.4 Å². The Bertz CT molecular complexity index is 189. The van der Waals surface area contributed by atoms with Crippen molar-refractivity contribution in [1.82, 2.24) is 0 Å². The molecule has 0 N–H and O–H groups in total. The summed E-state index contributed by atoms with van der Waals surface area (Å²) in [5.74, 6) is 0. The van der Waals surface area contributed by atoms with E-state index in [2.05, 4.69) is 42.9 Å². The standard InChI is InChI=1S/2C5H10N.C5H5.C2H5.Zr/c2*1-3-4-5-6-2;1-2-4-5-3-1;1-2;/h2*3H,1,4-5H2,2H3;1-3H,4H2;1H2,2H3;/q4*-1;+4. The molecule has 0 saturated carbocycles. The minimum Gasteiger partial charge on any atom is -0.665 e. The van der Waals surface area contributed by atoms with Crippen molar-refractivity contribution in [3.05, 3.63) is 67.2 Å². The largest absolute Gasteiger partial charge is 4.00 e. The molecule has 0 aromatic heterocycles. The topological polar surface area (TPSA) is 28.2 Å². The Labute approximate surface area is 146 Å².